The Morgan fingerprint density at radius 1 is 1.29 bits per heavy atom. The summed E-state index contributed by atoms with van der Waals surface area (Å²) in [5, 5.41) is 14.9. The van der Waals surface area contributed by atoms with Crippen LogP contribution in [-0.2, 0) is 17.8 Å². The minimum atomic E-state index is -0.197. The maximum Gasteiger partial charge on any atom is 0.246 e. The van der Waals surface area contributed by atoms with Crippen molar-refractivity contribution in [3.05, 3.63) is 29.1 Å². The Labute approximate surface area is 138 Å². The quantitative estimate of drug-likeness (QED) is 0.771. The summed E-state index contributed by atoms with van der Waals surface area (Å²) in [6.07, 6.45) is 0.892. The van der Waals surface area contributed by atoms with Crippen LogP contribution < -0.4 is 10.1 Å². The van der Waals surface area contributed by atoms with Gasteiger partial charge in [-0.1, -0.05) is 6.92 Å². The monoisotopic (exact) mass is 329 g/mol. The van der Waals surface area contributed by atoms with Crippen LogP contribution in [-0.4, -0.2) is 33.1 Å². The molecule has 0 fully saturated rings. The van der Waals surface area contributed by atoms with Gasteiger partial charge in [-0.15, -0.1) is 0 Å². The Kier molecular flexibility index (Phi) is 4.20. The van der Waals surface area contributed by atoms with Crippen molar-refractivity contribution in [3.63, 3.8) is 0 Å². The van der Waals surface area contributed by atoms with Gasteiger partial charge in [-0.2, -0.15) is 5.10 Å². The van der Waals surface area contributed by atoms with E-state index in [1.807, 2.05) is 13.8 Å². The Morgan fingerprint density at radius 2 is 2.04 bits per heavy atom. The average molecular weight is 329 g/mol. The lowest BCUT2D eigenvalue weighted by Gasteiger charge is -2.08. The molecular formula is C16H19N5O3. The smallest absolute Gasteiger partial charge is 0.246 e. The minimum absolute atomic E-state index is 0.130. The maximum absolute atomic E-state index is 12.4. The van der Waals surface area contributed by atoms with E-state index in [-0.39, 0.29) is 12.5 Å². The van der Waals surface area contributed by atoms with Crippen LogP contribution in [0.25, 0.3) is 11.0 Å². The summed E-state index contributed by atoms with van der Waals surface area (Å²) < 4.78 is 11.7. The molecule has 0 unspecified atom stereocenters. The number of anilines is 1. The number of methoxy groups -OCH3 is 1. The lowest BCUT2D eigenvalue weighted by molar-refractivity contribution is -0.116. The number of nitrogens with zero attached hydrogens (tertiary/aromatic N) is 4. The molecule has 8 nitrogen and oxygen atoms in total. The van der Waals surface area contributed by atoms with Crippen LogP contribution in [0.15, 0.2) is 16.8 Å². The molecule has 0 aliphatic carbocycles. The number of carbonyl (C=O) groups excluding carboxylic acids is 1. The summed E-state index contributed by atoms with van der Waals surface area (Å²) in [6, 6.07) is 3.42. The number of aryl methyl sites for hydroxylation is 1. The predicted octanol–water partition coefficient (Wildman–Crippen LogP) is 2.25. The van der Waals surface area contributed by atoms with Gasteiger partial charge in [0.1, 0.15) is 6.54 Å². The van der Waals surface area contributed by atoms with Crippen molar-refractivity contribution < 1.29 is 14.2 Å². The van der Waals surface area contributed by atoms with Gasteiger partial charge in [0, 0.05) is 5.69 Å². The van der Waals surface area contributed by atoms with Gasteiger partial charge in [-0.25, -0.2) is 4.63 Å². The molecule has 0 aliphatic heterocycles. The van der Waals surface area contributed by atoms with Gasteiger partial charge in [0.05, 0.1) is 18.5 Å². The van der Waals surface area contributed by atoms with Gasteiger partial charge in [-0.05, 0) is 48.3 Å². The maximum atomic E-state index is 12.4. The molecule has 0 saturated heterocycles. The molecule has 8 heteroatoms. The van der Waals surface area contributed by atoms with Crippen LogP contribution in [0.5, 0.6) is 5.75 Å². The summed E-state index contributed by atoms with van der Waals surface area (Å²) in [4.78, 5) is 12.4. The number of fused-ring (bicyclic) bond motifs is 1. The number of ether oxygens (including phenoxy) is 1. The van der Waals surface area contributed by atoms with E-state index in [0.29, 0.717) is 22.5 Å². The fraction of sp³-hybridized carbons (Fsp3) is 0.375. The zero-order valence-electron chi connectivity index (χ0n) is 14.1. The third-order valence-corrected chi connectivity index (χ3v) is 4.05. The molecule has 2 heterocycles. The number of rotatable bonds is 5. The zero-order chi connectivity index (χ0) is 17.3. The first-order valence-corrected chi connectivity index (χ1v) is 7.67. The highest BCUT2D eigenvalue weighted by atomic mass is 16.6. The molecule has 3 rings (SSSR count). The summed E-state index contributed by atoms with van der Waals surface area (Å²) in [7, 11) is 1.54. The van der Waals surface area contributed by atoms with Crippen LogP contribution in [0.1, 0.15) is 23.9 Å². The molecular weight excluding hydrogens is 310 g/mol. The van der Waals surface area contributed by atoms with Gasteiger partial charge >= 0.3 is 0 Å². The highest BCUT2D eigenvalue weighted by Gasteiger charge is 2.16. The van der Waals surface area contributed by atoms with E-state index < -0.39 is 0 Å². The number of benzene rings is 1. The SMILES string of the molecule is CCc1c(C)nn(CC(=O)Nc2ccc(OC)c3nonc23)c1C. The molecule has 1 aromatic carbocycles. The molecule has 0 aliphatic rings. The predicted molar refractivity (Wildman–Crippen MR) is 88.1 cm³/mol. The van der Waals surface area contributed by atoms with Gasteiger partial charge in [0.25, 0.3) is 0 Å². The van der Waals surface area contributed by atoms with Crippen LogP contribution in [0.2, 0.25) is 0 Å². The van der Waals surface area contributed by atoms with Gasteiger partial charge < -0.3 is 10.1 Å². The average Bonchev–Trinajstić information content (AvgIpc) is 3.14. The van der Waals surface area contributed by atoms with Crippen molar-refractivity contribution in [1.82, 2.24) is 20.1 Å². The van der Waals surface area contributed by atoms with Crippen molar-refractivity contribution >= 4 is 22.6 Å². The normalized spacial score (nSPS) is 11.0. The van der Waals surface area contributed by atoms with Crippen LogP contribution in [0.3, 0.4) is 0 Å². The number of hydrogen-bond donors (Lipinski definition) is 1. The van der Waals surface area contributed by atoms with Crippen molar-refractivity contribution in [2.24, 2.45) is 0 Å². The van der Waals surface area contributed by atoms with Crippen molar-refractivity contribution in [2.75, 3.05) is 12.4 Å². The van der Waals surface area contributed by atoms with E-state index in [9.17, 15) is 4.79 Å². The van der Waals surface area contributed by atoms with Crippen molar-refractivity contribution in [3.8, 4) is 5.75 Å². The van der Waals surface area contributed by atoms with Gasteiger partial charge in [0.15, 0.2) is 16.8 Å². The summed E-state index contributed by atoms with van der Waals surface area (Å²) in [5.74, 6) is 0.341. The summed E-state index contributed by atoms with van der Waals surface area (Å²) in [6.45, 7) is 6.13. The second-order valence-electron chi connectivity index (χ2n) is 5.49. The van der Waals surface area contributed by atoms with Gasteiger partial charge in [0.2, 0.25) is 5.91 Å². The lowest BCUT2D eigenvalue weighted by Crippen LogP contribution is -2.20. The van der Waals surface area contributed by atoms with E-state index >= 15 is 0 Å². The summed E-state index contributed by atoms with van der Waals surface area (Å²) in [5.41, 5.74) is 4.58. The molecule has 1 amide bonds. The molecule has 0 radical (unpaired) electrons. The molecule has 0 atom stereocenters. The van der Waals surface area contributed by atoms with E-state index in [1.165, 1.54) is 12.7 Å². The third-order valence-electron chi connectivity index (χ3n) is 4.05. The Bertz CT molecular complexity index is 897. The number of hydrogen-bond acceptors (Lipinski definition) is 6. The van der Waals surface area contributed by atoms with E-state index in [2.05, 4.69) is 27.7 Å². The molecule has 126 valence electrons. The number of amides is 1. The summed E-state index contributed by atoms with van der Waals surface area (Å²) >= 11 is 0. The Balaban J connectivity index is 1.82. The number of aromatic nitrogens is 4. The number of nitrogens with one attached hydrogen (secondary N) is 1. The zero-order valence-corrected chi connectivity index (χ0v) is 14.1. The topological polar surface area (TPSA) is 95.1 Å². The van der Waals surface area contributed by atoms with Crippen LogP contribution in [0, 0.1) is 13.8 Å². The standard InChI is InChI=1S/C16H19N5O3/c1-5-11-9(2)18-21(10(11)3)8-14(22)17-12-6-7-13(23-4)16-15(12)19-24-20-16/h6-7H,5,8H2,1-4H3,(H,17,22). The first-order chi connectivity index (χ1) is 11.5. The van der Waals surface area contributed by atoms with E-state index in [4.69, 9.17) is 9.37 Å². The third kappa shape index (κ3) is 2.70. The van der Waals surface area contributed by atoms with Crippen molar-refractivity contribution in [1.29, 1.82) is 0 Å². The van der Waals surface area contributed by atoms with Crippen LogP contribution in [0.4, 0.5) is 5.69 Å². The number of carbonyl (C=O) groups is 1. The molecule has 0 spiro atoms. The molecule has 3 aromatic rings. The second kappa shape index (κ2) is 6.31. The largest absolute Gasteiger partial charge is 0.494 e. The van der Waals surface area contributed by atoms with E-state index in [1.54, 1.807) is 16.8 Å². The molecule has 0 saturated carbocycles. The van der Waals surface area contributed by atoms with Gasteiger partial charge in [-0.3, -0.25) is 9.48 Å². The second-order valence-corrected chi connectivity index (χ2v) is 5.49. The minimum Gasteiger partial charge on any atom is -0.494 e. The molecule has 2 aromatic heterocycles. The Hall–Kier alpha value is -2.90. The molecule has 24 heavy (non-hydrogen) atoms. The first kappa shape index (κ1) is 16.0. The highest BCUT2D eigenvalue weighted by Crippen LogP contribution is 2.28. The van der Waals surface area contributed by atoms with Crippen molar-refractivity contribution in [2.45, 2.75) is 33.7 Å². The molecule has 0 bridgehead atoms. The molecule has 1 N–H and O–H groups in total. The van der Waals surface area contributed by atoms with E-state index in [0.717, 1.165) is 17.8 Å². The van der Waals surface area contributed by atoms with Crippen LogP contribution >= 0.6 is 0 Å². The lowest BCUT2D eigenvalue weighted by atomic mass is 10.1. The Morgan fingerprint density at radius 3 is 2.71 bits per heavy atom. The highest BCUT2D eigenvalue weighted by molar-refractivity contribution is 6.00. The fourth-order valence-electron chi connectivity index (χ4n) is 2.83. The first-order valence-electron chi connectivity index (χ1n) is 7.67. The fourth-order valence-corrected chi connectivity index (χ4v) is 2.83.